The number of nitrogens with zero attached hydrogens (tertiary/aromatic N) is 1. The summed E-state index contributed by atoms with van der Waals surface area (Å²) in [6.45, 7) is 4.22. The summed E-state index contributed by atoms with van der Waals surface area (Å²) in [6, 6.07) is 15.6. The lowest BCUT2D eigenvalue weighted by Gasteiger charge is -2.15. The van der Waals surface area contributed by atoms with Crippen molar-refractivity contribution in [2.75, 3.05) is 17.7 Å². The molecule has 0 aliphatic heterocycles. The quantitative estimate of drug-likeness (QED) is 0.380. The molecule has 3 aromatic rings. The standard InChI is InChI=1S/C24H29N3O2S/c1-4-6-8-17(5-2)23(28)25-20-10-7-9-18(15-20)22-16-30-24(27-22)26-19-11-13-21(29-3)14-12-19/h7,9-17H,4-6,8H2,1-3H3,(H,25,28)(H,26,27). The smallest absolute Gasteiger partial charge is 0.227 e. The van der Waals surface area contributed by atoms with E-state index in [1.165, 1.54) is 0 Å². The molecule has 0 fully saturated rings. The normalized spacial score (nSPS) is 11.7. The second kappa shape index (κ2) is 10.8. The molecular weight excluding hydrogens is 394 g/mol. The van der Waals surface area contributed by atoms with Crippen LogP contribution in [0.1, 0.15) is 39.5 Å². The van der Waals surface area contributed by atoms with Crippen molar-refractivity contribution in [3.8, 4) is 17.0 Å². The third kappa shape index (κ3) is 5.83. The molecule has 1 atom stereocenters. The van der Waals surface area contributed by atoms with Gasteiger partial charge in [0.2, 0.25) is 5.91 Å². The number of nitrogens with one attached hydrogen (secondary N) is 2. The zero-order valence-electron chi connectivity index (χ0n) is 17.8. The molecular formula is C24H29N3O2S. The van der Waals surface area contributed by atoms with Crippen molar-refractivity contribution >= 4 is 33.8 Å². The van der Waals surface area contributed by atoms with Crippen molar-refractivity contribution in [3.63, 3.8) is 0 Å². The summed E-state index contributed by atoms with van der Waals surface area (Å²) >= 11 is 1.55. The number of rotatable bonds is 10. The fourth-order valence-corrected chi connectivity index (χ4v) is 3.97. The summed E-state index contributed by atoms with van der Waals surface area (Å²) in [5, 5.41) is 9.23. The maximum Gasteiger partial charge on any atom is 0.227 e. The molecule has 2 aromatic carbocycles. The van der Waals surface area contributed by atoms with Gasteiger partial charge < -0.3 is 15.4 Å². The first-order valence-corrected chi connectivity index (χ1v) is 11.3. The molecule has 3 rings (SSSR count). The molecule has 0 radical (unpaired) electrons. The molecule has 2 N–H and O–H groups in total. The minimum Gasteiger partial charge on any atom is -0.497 e. The number of carbonyl (C=O) groups excluding carboxylic acids is 1. The van der Waals surface area contributed by atoms with Crippen LogP contribution in [-0.2, 0) is 4.79 Å². The fraction of sp³-hybridized carbons (Fsp3) is 0.333. The number of hydrogen-bond donors (Lipinski definition) is 2. The number of thiazole rings is 1. The fourth-order valence-electron chi connectivity index (χ4n) is 3.23. The Bertz CT molecular complexity index is 953. The zero-order chi connectivity index (χ0) is 21.3. The van der Waals surface area contributed by atoms with Crippen LogP contribution < -0.4 is 15.4 Å². The number of ether oxygens (including phenoxy) is 1. The van der Waals surface area contributed by atoms with Crippen molar-refractivity contribution < 1.29 is 9.53 Å². The summed E-state index contributed by atoms with van der Waals surface area (Å²) in [4.78, 5) is 17.3. The van der Waals surface area contributed by atoms with E-state index in [-0.39, 0.29) is 11.8 Å². The van der Waals surface area contributed by atoms with Crippen LogP contribution >= 0.6 is 11.3 Å². The monoisotopic (exact) mass is 423 g/mol. The lowest BCUT2D eigenvalue weighted by atomic mass is 9.98. The van der Waals surface area contributed by atoms with Gasteiger partial charge in [0.1, 0.15) is 5.75 Å². The van der Waals surface area contributed by atoms with E-state index in [9.17, 15) is 4.79 Å². The van der Waals surface area contributed by atoms with Gasteiger partial charge >= 0.3 is 0 Å². The van der Waals surface area contributed by atoms with Gasteiger partial charge in [0.15, 0.2) is 5.13 Å². The van der Waals surface area contributed by atoms with Gasteiger partial charge in [-0.25, -0.2) is 4.98 Å². The number of unbranched alkanes of at least 4 members (excludes halogenated alkanes) is 1. The number of hydrogen-bond acceptors (Lipinski definition) is 5. The van der Waals surface area contributed by atoms with E-state index in [1.807, 2.05) is 53.9 Å². The third-order valence-electron chi connectivity index (χ3n) is 5.04. The summed E-state index contributed by atoms with van der Waals surface area (Å²) < 4.78 is 5.19. The highest BCUT2D eigenvalue weighted by molar-refractivity contribution is 7.14. The van der Waals surface area contributed by atoms with Crippen molar-refractivity contribution in [2.24, 2.45) is 5.92 Å². The first-order valence-electron chi connectivity index (χ1n) is 10.4. The van der Waals surface area contributed by atoms with Crippen LogP contribution in [-0.4, -0.2) is 18.0 Å². The lowest BCUT2D eigenvalue weighted by molar-refractivity contribution is -0.120. The average Bonchev–Trinajstić information content (AvgIpc) is 3.23. The molecule has 0 saturated heterocycles. The molecule has 0 aliphatic rings. The Morgan fingerprint density at radius 2 is 1.93 bits per heavy atom. The van der Waals surface area contributed by atoms with Gasteiger partial charge in [-0.05, 0) is 49.2 Å². The summed E-state index contributed by atoms with van der Waals surface area (Å²) in [7, 11) is 1.65. The van der Waals surface area contributed by atoms with Crippen LogP contribution in [0.5, 0.6) is 5.75 Å². The highest BCUT2D eigenvalue weighted by Gasteiger charge is 2.16. The van der Waals surface area contributed by atoms with Gasteiger partial charge in [-0.2, -0.15) is 0 Å². The molecule has 1 heterocycles. The van der Waals surface area contributed by atoms with Crippen molar-refractivity contribution in [3.05, 3.63) is 53.9 Å². The molecule has 0 spiro atoms. The number of aromatic nitrogens is 1. The minimum absolute atomic E-state index is 0.0631. The average molecular weight is 424 g/mol. The topological polar surface area (TPSA) is 63.2 Å². The summed E-state index contributed by atoms with van der Waals surface area (Å²) in [6.07, 6.45) is 3.98. The van der Waals surface area contributed by atoms with Gasteiger partial charge in [-0.3, -0.25) is 4.79 Å². The number of carbonyl (C=O) groups is 1. The SMILES string of the molecule is CCCCC(CC)C(=O)Nc1cccc(-c2csc(Nc3ccc(OC)cc3)n2)c1. The van der Waals surface area contributed by atoms with E-state index in [0.29, 0.717) is 0 Å². The maximum atomic E-state index is 12.6. The molecule has 1 unspecified atom stereocenters. The Morgan fingerprint density at radius 3 is 2.63 bits per heavy atom. The second-order valence-corrected chi connectivity index (χ2v) is 8.07. The maximum absolute atomic E-state index is 12.6. The Labute approximate surface area is 182 Å². The van der Waals surface area contributed by atoms with Crippen LogP contribution in [0.15, 0.2) is 53.9 Å². The van der Waals surface area contributed by atoms with E-state index in [0.717, 1.165) is 59.2 Å². The minimum atomic E-state index is 0.0631. The summed E-state index contributed by atoms with van der Waals surface area (Å²) in [5.41, 5.74) is 3.62. The zero-order valence-corrected chi connectivity index (χ0v) is 18.6. The first-order chi connectivity index (χ1) is 14.6. The van der Waals surface area contributed by atoms with Crippen LogP contribution in [0.2, 0.25) is 0 Å². The van der Waals surface area contributed by atoms with Crippen LogP contribution in [0.4, 0.5) is 16.5 Å². The summed E-state index contributed by atoms with van der Waals surface area (Å²) in [5.74, 6) is 0.982. The number of benzene rings is 2. The highest BCUT2D eigenvalue weighted by atomic mass is 32.1. The van der Waals surface area contributed by atoms with Crippen molar-refractivity contribution in [2.45, 2.75) is 39.5 Å². The molecule has 5 nitrogen and oxygen atoms in total. The molecule has 0 aliphatic carbocycles. The largest absolute Gasteiger partial charge is 0.497 e. The van der Waals surface area contributed by atoms with E-state index >= 15 is 0 Å². The Morgan fingerprint density at radius 1 is 1.13 bits per heavy atom. The van der Waals surface area contributed by atoms with E-state index in [1.54, 1.807) is 18.4 Å². The molecule has 0 saturated carbocycles. The Kier molecular flexibility index (Phi) is 7.85. The van der Waals surface area contributed by atoms with Gasteiger partial charge in [0.25, 0.3) is 0 Å². The predicted molar refractivity (Wildman–Crippen MR) is 126 cm³/mol. The van der Waals surface area contributed by atoms with Crippen LogP contribution in [0.3, 0.4) is 0 Å². The molecule has 1 amide bonds. The van der Waals surface area contributed by atoms with Crippen LogP contribution in [0.25, 0.3) is 11.3 Å². The molecule has 1 aromatic heterocycles. The van der Waals surface area contributed by atoms with Crippen molar-refractivity contribution in [1.82, 2.24) is 4.98 Å². The van der Waals surface area contributed by atoms with Gasteiger partial charge in [-0.1, -0.05) is 38.8 Å². The van der Waals surface area contributed by atoms with Gasteiger partial charge in [-0.15, -0.1) is 11.3 Å². The van der Waals surface area contributed by atoms with Gasteiger partial charge in [0.05, 0.1) is 12.8 Å². The number of anilines is 3. The molecule has 6 heteroatoms. The van der Waals surface area contributed by atoms with Gasteiger partial charge in [0, 0.05) is 28.2 Å². The Balaban J connectivity index is 1.67. The molecule has 0 bridgehead atoms. The predicted octanol–water partition coefficient (Wildman–Crippen LogP) is 6.72. The van der Waals surface area contributed by atoms with Crippen molar-refractivity contribution in [1.29, 1.82) is 0 Å². The Hall–Kier alpha value is -2.86. The first kappa shape index (κ1) is 21.8. The highest BCUT2D eigenvalue weighted by Crippen LogP contribution is 2.29. The van der Waals surface area contributed by atoms with E-state index in [4.69, 9.17) is 9.72 Å². The molecule has 158 valence electrons. The number of amides is 1. The van der Waals surface area contributed by atoms with Crippen LogP contribution in [0, 0.1) is 5.92 Å². The second-order valence-electron chi connectivity index (χ2n) is 7.21. The third-order valence-corrected chi connectivity index (χ3v) is 5.80. The van der Waals surface area contributed by atoms with E-state index in [2.05, 4.69) is 24.5 Å². The lowest BCUT2D eigenvalue weighted by Crippen LogP contribution is -2.22. The molecule has 30 heavy (non-hydrogen) atoms. The van der Waals surface area contributed by atoms with E-state index < -0.39 is 0 Å². The number of methoxy groups -OCH3 is 1.